The molecule has 1 N–H and O–H groups in total. The number of benzene rings is 2. The first-order valence-electron chi connectivity index (χ1n) is 9.79. The lowest BCUT2D eigenvalue weighted by molar-refractivity contribution is -0.118. The maximum atomic E-state index is 12.9. The van der Waals surface area contributed by atoms with Gasteiger partial charge in [0, 0.05) is 37.8 Å². The molecule has 0 aliphatic carbocycles. The molecule has 5 nitrogen and oxygen atoms in total. The van der Waals surface area contributed by atoms with E-state index in [4.69, 9.17) is 4.74 Å². The summed E-state index contributed by atoms with van der Waals surface area (Å²) >= 11 is 0. The number of nitrogens with one attached hydrogen (secondary N) is 1. The molecule has 2 aliphatic rings. The summed E-state index contributed by atoms with van der Waals surface area (Å²) in [6.07, 6.45) is 1.42. The Labute approximate surface area is 160 Å². The number of carbonyl (C=O) groups is 1. The molecule has 27 heavy (non-hydrogen) atoms. The molecule has 0 spiro atoms. The van der Waals surface area contributed by atoms with Gasteiger partial charge in [0.25, 0.3) is 0 Å². The number of carbonyl (C=O) groups excluding carboxylic acids is 1. The van der Waals surface area contributed by atoms with Crippen LogP contribution >= 0.6 is 0 Å². The summed E-state index contributed by atoms with van der Waals surface area (Å²) in [7, 11) is 0. The molecule has 1 amide bonds. The van der Waals surface area contributed by atoms with Crippen LogP contribution in [0.3, 0.4) is 0 Å². The number of morpholine rings is 1. The van der Waals surface area contributed by atoms with Crippen LogP contribution in [0.15, 0.2) is 48.5 Å². The van der Waals surface area contributed by atoms with Crippen LogP contribution in [0, 0.1) is 0 Å². The van der Waals surface area contributed by atoms with Crippen molar-refractivity contribution in [3.8, 4) is 0 Å². The Hall–Kier alpha value is -2.53. The van der Waals surface area contributed by atoms with E-state index in [2.05, 4.69) is 47.5 Å². The summed E-state index contributed by atoms with van der Waals surface area (Å²) in [5.41, 5.74) is 4.61. The maximum Gasteiger partial charge on any atom is 0.229 e. The molecule has 1 atom stereocenters. The fourth-order valence-electron chi connectivity index (χ4n) is 4.07. The Balaban J connectivity index is 1.38. The third kappa shape index (κ3) is 3.78. The molecule has 2 aliphatic heterocycles. The molecule has 1 fully saturated rings. The van der Waals surface area contributed by atoms with Gasteiger partial charge in [0.2, 0.25) is 5.91 Å². The number of hydrogen-bond acceptors (Lipinski definition) is 4. The first kappa shape index (κ1) is 17.9. The molecule has 4 rings (SSSR count). The number of nitrogens with zero attached hydrogens (tertiary/aromatic N) is 2. The van der Waals surface area contributed by atoms with Gasteiger partial charge >= 0.3 is 0 Å². The van der Waals surface area contributed by atoms with Crippen molar-refractivity contribution < 1.29 is 9.53 Å². The highest BCUT2D eigenvalue weighted by atomic mass is 16.5. The fraction of sp³-hybridized carbons (Fsp3) is 0.409. The van der Waals surface area contributed by atoms with Crippen LogP contribution in [0.4, 0.5) is 17.1 Å². The van der Waals surface area contributed by atoms with Crippen molar-refractivity contribution in [2.75, 3.05) is 48.0 Å². The number of para-hydroxylation sites is 3. The molecule has 1 unspecified atom stereocenters. The zero-order chi connectivity index (χ0) is 18.6. The third-order valence-corrected chi connectivity index (χ3v) is 5.39. The predicted molar refractivity (Wildman–Crippen MR) is 110 cm³/mol. The van der Waals surface area contributed by atoms with Crippen molar-refractivity contribution in [2.45, 2.75) is 25.8 Å². The Morgan fingerprint density at radius 3 is 2.59 bits per heavy atom. The number of anilines is 3. The van der Waals surface area contributed by atoms with Crippen molar-refractivity contribution in [1.29, 1.82) is 0 Å². The Bertz CT molecular complexity index is 802. The molecule has 2 aromatic carbocycles. The van der Waals surface area contributed by atoms with E-state index < -0.39 is 0 Å². The monoisotopic (exact) mass is 365 g/mol. The summed E-state index contributed by atoms with van der Waals surface area (Å²) in [5.74, 6) is 0.184. The normalized spacial score (nSPS) is 19.1. The molecule has 0 radical (unpaired) electrons. The van der Waals surface area contributed by atoms with Crippen LogP contribution in [0.1, 0.15) is 18.9 Å². The smallest absolute Gasteiger partial charge is 0.229 e. The first-order valence-corrected chi connectivity index (χ1v) is 9.79. The average Bonchev–Trinajstić information content (AvgIpc) is 3.04. The lowest BCUT2D eigenvalue weighted by Gasteiger charge is -2.30. The highest BCUT2D eigenvalue weighted by Gasteiger charge is 2.30. The topological polar surface area (TPSA) is 44.8 Å². The van der Waals surface area contributed by atoms with E-state index in [0.29, 0.717) is 13.0 Å². The van der Waals surface area contributed by atoms with Crippen molar-refractivity contribution in [1.82, 2.24) is 0 Å². The van der Waals surface area contributed by atoms with E-state index in [1.165, 1.54) is 11.3 Å². The second-order valence-electron chi connectivity index (χ2n) is 7.24. The Morgan fingerprint density at radius 2 is 1.78 bits per heavy atom. The second kappa shape index (κ2) is 8.01. The van der Waals surface area contributed by atoms with E-state index in [0.717, 1.165) is 44.1 Å². The number of fused-ring (bicyclic) bond motifs is 1. The molecule has 142 valence electrons. The SMILES string of the molecule is CC1Cc2ccccc2N1C(=O)CCNc1ccccc1N1CCOCC1. The van der Waals surface area contributed by atoms with Gasteiger partial charge in [0.05, 0.1) is 24.6 Å². The van der Waals surface area contributed by atoms with Gasteiger partial charge in [-0.15, -0.1) is 0 Å². The molecule has 0 bridgehead atoms. The minimum atomic E-state index is 0.184. The van der Waals surface area contributed by atoms with E-state index in [1.54, 1.807) is 0 Å². The molecule has 0 saturated carbocycles. The van der Waals surface area contributed by atoms with Crippen molar-refractivity contribution in [3.63, 3.8) is 0 Å². The molecule has 2 heterocycles. The molecule has 2 aromatic rings. The maximum absolute atomic E-state index is 12.9. The molecule has 0 aromatic heterocycles. The highest BCUT2D eigenvalue weighted by Crippen LogP contribution is 2.32. The minimum Gasteiger partial charge on any atom is -0.383 e. The average molecular weight is 365 g/mol. The number of amides is 1. The molecular formula is C22H27N3O2. The highest BCUT2D eigenvalue weighted by molar-refractivity contribution is 5.96. The van der Waals surface area contributed by atoms with Gasteiger partial charge in [-0.05, 0) is 37.1 Å². The first-order chi connectivity index (χ1) is 13.2. The van der Waals surface area contributed by atoms with Gasteiger partial charge in [-0.1, -0.05) is 30.3 Å². The molecular weight excluding hydrogens is 338 g/mol. The van der Waals surface area contributed by atoms with Crippen LogP contribution in [-0.2, 0) is 16.0 Å². The van der Waals surface area contributed by atoms with Crippen LogP contribution in [0.25, 0.3) is 0 Å². The van der Waals surface area contributed by atoms with Crippen LogP contribution < -0.4 is 15.1 Å². The summed E-state index contributed by atoms with van der Waals surface area (Å²) < 4.78 is 5.46. The Morgan fingerprint density at radius 1 is 1.07 bits per heavy atom. The Kier molecular flexibility index (Phi) is 5.30. The van der Waals surface area contributed by atoms with E-state index in [-0.39, 0.29) is 11.9 Å². The fourth-order valence-corrected chi connectivity index (χ4v) is 4.07. The summed E-state index contributed by atoms with van der Waals surface area (Å²) in [6, 6.07) is 16.8. The van der Waals surface area contributed by atoms with Gasteiger partial charge in [-0.3, -0.25) is 4.79 Å². The van der Waals surface area contributed by atoms with E-state index in [1.807, 2.05) is 23.1 Å². The second-order valence-corrected chi connectivity index (χ2v) is 7.24. The van der Waals surface area contributed by atoms with Crippen molar-refractivity contribution in [3.05, 3.63) is 54.1 Å². The number of hydrogen-bond donors (Lipinski definition) is 1. The van der Waals surface area contributed by atoms with Crippen LogP contribution in [-0.4, -0.2) is 44.8 Å². The van der Waals surface area contributed by atoms with Crippen molar-refractivity contribution >= 4 is 23.0 Å². The number of rotatable bonds is 5. The van der Waals surface area contributed by atoms with Crippen molar-refractivity contribution in [2.24, 2.45) is 0 Å². The predicted octanol–water partition coefficient (Wildman–Crippen LogP) is 3.30. The van der Waals surface area contributed by atoms with Gasteiger partial charge in [0.15, 0.2) is 0 Å². The zero-order valence-corrected chi connectivity index (χ0v) is 15.9. The summed E-state index contributed by atoms with van der Waals surface area (Å²) in [5, 5.41) is 3.47. The minimum absolute atomic E-state index is 0.184. The van der Waals surface area contributed by atoms with Crippen LogP contribution in [0.5, 0.6) is 0 Å². The third-order valence-electron chi connectivity index (χ3n) is 5.39. The lowest BCUT2D eigenvalue weighted by Crippen LogP contribution is -2.37. The zero-order valence-electron chi connectivity index (χ0n) is 15.9. The van der Waals surface area contributed by atoms with E-state index in [9.17, 15) is 4.79 Å². The van der Waals surface area contributed by atoms with Crippen LogP contribution in [0.2, 0.25) is 0 Å². The number of ether oxygens (including phenoxy) is 1. The lowest BCUT2D eigenvalue weighted by atomic mass is 10.1. The van der Waals surface area contributed by atoms with Gasteiger partial charge < -0.3 is 19.9 Å². The largest absolute Gasteiger partial charge is 0.383 e. The van der Waals surface area contributed by atoms with E-state index >= 15 is 0 Å². The summed E-state index contributed by atoms with van der Waals surface area (Å²) in [4.78, 5) is 17.2. The quantitative estimate of drug-likeness (QED) is 0.883. The standard InChI is InChI=1S/C22H27N3O2/c1-17-16-18-6-2-4-8-20(18)25(17)22(26)10-11-23-19-7-3-5-9-21(19)24-12-14-27-15-13-24/h2-9,17,23H,10-16H2,1H3. The molecule has 5 heteroatoms. The molecule has 1 saturated heterocycles. The summed E-state index contributed by atoms with van der Waals surface area (Å²) in [6.45, 7) is 6.09. The van der Waals surface area contributed by atoms with Gasteiger partial charge in [-0.25, -0.2) is 0 Å². The van der Waals surface area contributed by atoms with Gasteiger partial charge in [0.1, 0.15) is 0 Å². The van der Waals surface area contributed by atoms with Gasteiger partial charge in [-0.2, -0.15) is 0 Å².